The summed E-state index contributed by atoms with van der Waals surface area (Å²) in [5.41, 5.74) is -0.492. The van der Waals surface area contributed by atoms with Gasteiger partial charge in [0.05, 0.1) is 4.87 Å². The van der Waals surface area contributed by atoms with Gasteiger partial charge in [-0.15, -0.1) is 11.8 Å². The van der Waals surface area contributed by atoms with Gasteiger partial charge < -0.3 is 14.8 Å². The average molecular weight is 247 g/mol. The maximum atomic E-state index is 11.5. The number of carbonyl (C=O) groups is 2. The van der Waals surface area contributed by atoms with Gasteiger partial charge in [-0.25, -0.2) is 4.79 Å². The highest BCUT2D eigenvalue weighted by molar-refractivity contribution is 8.00. The summed E-state index contributed by atoms with van der Waals surface area (Å²) in [5, 5.41) is 2.76. The van der Waals surface area contributed by atoms with Gasteiger partial charge in [0.15, 0.2) is 0 Å². The summed E-state index contributed by atoms with van der Waals surface area (Å²) in [6.45, 7) is 9.22. The lowest BCUT2D eigenvalue weighted by molar-refractivity contribution is -0.107. The Morgan fingerprint density at radius 2 is 1.88 bits per heavy atom. The molecule has 0 aromatic carbocycles. The van der Waals surface area contributed by atoms with Crippen LogP contribution in [-0.4, -0.2) is 28.6 Å². The third-order valence-electron chi connectivity index (χ3n) is 1.50. The number of thioether (sulfide) groups is 1. The maximum absolute atomic E-state index is 11.5. The molecule has 94 valence electrons. The van der Waals surface area contributed by atoms with Gasteiger partial charge in [0, 0.05) is 12.2 Å². The van der Waals surface area contributed by atoms with E-state index in [0.717, 1.165) is 6.29 Å². The molecule has 0 aromatic heterocycles. The van der Waals surface area contributed by atoms with Crippen LogP contribution in [0.15, 0.2) is 0 Å². The summed E-state index contributed by atoms with van der Waals surface area (Å²) in [7, 11) is 0. The first-order valence-electron chi connectivity index (χ1n) is 5.25. The summed E-state index contributed by atoms with van der Waals surface area (Å²) in [5.74, 6) is 0.687. The molecule has 0 bridgehead atoms. The van der Waals surface area contributed by atoms with Crippen molar-refractivity contribution in [2.24, 2.45) is 0 Å². The molecule has 0 aromatic rings. The third-order valence-corrected chi connectivity index (χ3v) is 2.76. The van der Waals surface area contributed by atoms with Crippen molar-refractivity contribution in [3.63, 3.8) is 0 Å². The van der Waals surface area contributed by atoms with Gasteiger partial charge in [-0.3, -0.25) is 0 Å². The van der Waals surface area contributed by atoms with E-state index in [1.807, 2.05) is 34.6 Å². The Kier molecular flexibility index (Phi) is 5.86. The monoisotopic (exact) mass is 247 g/mol. The molecule has 0 saturated heterocycles. The second-order valence-electron chi connectivity index (χ2n) is 4.94. The molecule has 4 nitrogen and oxygen atoms in total. The highest BCUT2D eigenvalue weighted by Crippen LogP contribution is 2.22. The number of ether oxygens (including phenoxy) is 1. The SMILES string of the molecule is CC(C)(C)OC(=O)NC(C)(C)SCCC=O. The van der Waals surface area contributed by atoms with E-state index in [0.29, 0.717) is 12.2 Å². The average Bonchev–Trinajstić information content (AvgIpc) is 1.98. The first-order valence-corrected chi connectivity index (χ1v) is 6.23. The Morgan fingerprint density at radius 1 is 1.31 bits per heavy atom. The van der Waals surface area contributed by atoms with E-state index in [-0.39, 0.29) is 0 Å². The minimum absolute atomic E-state index is 0.425. The van der Waals surface area contributed by atoms with Crippen molar-refractivity contribution < 1.29 is 14.3 Å². The molecule has 1 N–H and O–H groups in total. The number of hydrogen-bond acceptors (Lipinski definition) is 4. The van der Waals surface area contributed by atoms with Crippen LogP contribution in [0.25, 0.3) is 0 Å². The van der Waals surface area contributed by atoms with E-state index in [2.05, 4.69) is 5.32 Å². The minimum Gasteiger partial charge on any atom is -0.444 e. The lowest BCUT2D eigenvalue weighted by atomic mass is 10.2. The number of alkyl carbamates (subject to hydrolysis) is 1. The molecule has 0 rings (SSSR count). The van der Waals surface area contributed by atoms with Crippen LogP contribution >= 0.6 is 11.8 Å². The zero-order valence-electron chi connectivity index (χ0n) is 10.6. The Hall–Kier alpha value is -0.710. The van der Waals surface area contributed by atoms with Crippen LogP contribution in [0.3, 0.4) is 0 Å². The van der Waals surface area contributed by atoms with Crippen LogP contribution in [0, 0.1) is 0 Å². The van der Waals surface area contributed by atoms with Crippen LogP contribution in [0.2, 0.25) is 0 Å². The summed E-state index contributed by atoms with van der Waals surface area (Å²) in [6, 6.07) is 0. The topological polar surface area (TPSA) is 55.4 Å². The van der Waals surface area contributed by atoms with Gasteiger partial charge in [-0.2, -0.15) is 0 Å². The van der Waals surface area contributed by atoms with Crippen LogP contribution in [0.4, 0.5) is 4.79 Å². The van der Waals surface area contributed by atoms with E-state index >= 15 is 0 Å². The van der Waals surface area contributed by atoms with Gasteiger partial charge in [0.1, 0.15) is 11.9 Å². The second-order valence-corrected chi connectivity index (χ2v) is 6.66. The maximum Gasteiger partial charge on any atom is 0.408 e. The summed E-state index contributed by atoms with van der Waals surface area (Å²) in [6.07, 6.45) is 0.928. The first-order chi connectivity index (χ1) is 7.16. The lowest BCUT2D eigenvalue weighted by Gasteiger charge is -2.28. The van der Waals surface area contributed by atoms with Gasteiger partial charge in [-0.1, -0.05) is 0 Å². The fourth-order valence-electron chi connectivity index (χ4n) is 0.948. The molecule has 16 heavy (non-hydrogen) atoms. The molecule has 0 saturated carbocycles. The van der Waals surface area contributed by atoms with Crippen molar-refractivity contribution in [3.05, 3.63) is 0 Å². The van der Waals surface area contributed by atoms with E-state index in [4.69, 9.17) is 4.74 Å². The molecule has 0 unspecified atom stereocenters. The van der Waals surface area contributed by atoms with Crippen LogP contribution < -0.4 is 5.32 Å². The summed E-state index contributed by atoms with van der Waals surface area (Å²) in [4.78, 5) is 21.2. The largest absolute Gasteiger partial charge is 0.444 e. The standard InChI is InChI=1S/C11H21NO3S/c1-10(2,3)15-9(14)12-11(4,5)16-8-6-7-13/h7H,6,8H2,1-5H3,(H,12,14). The molecule has 0 spiro atoms. The highest BCUT2D eigenvalue weighted by Gasteiger charge is 2.24. The molecule has 1 amide bonds. The Balaban J connectivity index is 4.04. The molecular formula is C11H21NO3S. The van der Waals surface area contributed by atoms with Crippen molar-refractivity contribution in [3.8, 4) is 0 Å². The van der Waals surface area contributed by atoms with E-state index in [9.17, 15) is 9.59 Å². The summed E-state index contributed by atoms with van der Waals surface area (Å²) < 4.78 is 5.15. The van der Waals surface area contributed by atoms with E-state index in [1.54, 1.807) is 0 Å². The quantitative estimate of drug-likeness (QED) is 0.461. The normalized spacial score (nSPS) is 12.1. The molecule has 0 heterocycles. The number of amides is 1. The fraction of sp³-hybridized carbons (Fsp3) is 0.818. The van der Waals surface area contributed by atoms with Crippen molar-refractivity contribution in [1.82, 2.24) is 5.32 Å². The minimum atomic E-state index is -0.492. The number of hydrogen-bond donors (Lipinski definition) is 1. The Labute approximate surface area is 101 Å². The predicted molar refractivity (Wildman–Crippen MR) is 66.6 cm³/mol. The van der Waals surface area contributed by atoms with Gasteiger partial charge >= 0.3 is 6.09 Å². The molecular weight excluding hydrogens is 226 g/mol. The van der Waals surface area contributed by atoms with Crippen molar-refractivity contribution in [2.45, 2.75) is 51.5 Å². The second kappa shape index (κ2) is 6.13. The molecule has 0 radical (unpaired) electrons. The van der Waals surface area contributed by atoms with Gasteiger partial charge in [0.25, 0.3) is 0 Å². The zero-order chi connectivity index (χ0) is 12.8. The molecule has 0 atom stereocenters. The van der Waals surface area contributed by atoms with Crippen LogP contribution in [-0.2, 0) is 9.53 Å². The van der Waals surface area contributed by atoms with Crippen LogP contribution in [0.5, 0.6) is 0 Å². The molecule has 0 aliphatic carbocycles. The van der Waals surface area contributed by atoms with Crippen molar-refractivity contribution in [1.29, 1.82) is 0 Å². The lowest BCUT2D eigenvalue weighted by Crippen LogP contribution is -2.43. The predicted octanol–water partition coefficient (Wildman–Crippen LogP) is 2.57. The molecule has 5 heteroatoms. The Bertz CT molecular complexity index is 246. The van der Waals surface area contributed by atoms with E-state index < -0.39 is 16.6 Å². The van der Waals surface area contributed by atoms with Gasteiger partial charge in [-0.05, 0) is 34.6 Å². The number of nitrogens with one attached hydrogen (secondary N) is 1. The van der Waals surface area contributed by atoms with Gasteiger partial charge in [0.2, 0.25) is 0 Å². The third kappa shape index (κ3) is 8.59. The molecule has 0 fully saturated rings. The first kappa shape index (κ1) is 15.3. The number of rotatable bonds is 5. The molecule has 0 aliphatic rings. The van der Waals surface area contributed by atoms with Crippen molar-refractivity contribution in [2.75, 3.05) is 5.75 Å². The Morgan fingerprint density at radius 3 is 2.31 bits per heavy atom. The van der Waals surface area contributed by atoms with Crippen molar-refractivity contribution >= 4 is 24.1 Å². The van der Waals surface area contributed by atoms with E-state index in [1.165, 1.54) is 11.8 Å². The smallest absolute Gasteiger partial charge is 0.408 e. The zero-order valence-corrected chi connectivity index (χ0v) is 11.4. The van der Waals surface area contributed by atoms with Crippen LogP contribution in [0.1, 0.15) is 41.0 Å². The fourth-order valence-corrected chi connectivity index (χ4v) is 1.83. The summed E-state index contributed by atoms with van der Waals surface area (Å²) >= 11 is 1.51. The molecule has 0 aliphatic heterocycles. The number of aldehydes is 1. The highest BCUT2D eigenvalue weighted by atomic mass is 32.2. The number of carbonyl (C=O) groups excluding carboxylic acids is 2.